The SMILES string of the molecule is COC(=O)c1ccc(NC(=O)CN(C(C)=O)c2cc(C)ccc2C)cc1. The van der Waals surface area contributed by atoms with E-state index in [2.05, 4.69) is 10.1 Å². The van der Waals surface area contributed by atoms with Crippen molar-refractivity contribution in [1.82, 2.24) is 0 Å². The van der Waals surface area contributed by atoms with Gasteiger partial charge in [0, 0.05) is 18.3 Å². The van der Waals surface area contributed by atoms with Crippen LogP contribution in [0.1, 0.15) is 28.4 Å². The molecule has 0 atom stereocenters. The number of hydrogen-bond donors (Lipinski definition) is 1. The zero-order valence-electron chi connectivity index (χ0n) is 15.3. The third-order valence-electron chi connectivity index (χ3n) is 3.93. The molecule has 2 amide bonds. The minimum atomic E-state index is -0.444. The van der Waals surface area contributed by atoms with Crippen LogP contribution >= 0.6 is 0 Å². The van der Waals surface area contributed by atoms with Crippen molar-refractivity contribution < 1.29 is 19.1 Å². The van der Waals surface area contributed by atoms with Crippen LogP contribution < -0.4 is 10.2 Å². The van der Waals surface area contributed by atoms with Crippen molar-refractivity contribution in [3.05, 3.63) is 59.2 Å². The number of ether oxygens (including phenoxy) is 1. The first-order valence-electron chi connectivity index (χ1n) is 8.15. The van der Waals surface area contributed by atoms with Crippen LogP contribution in [0.2, 0.25) is 0 Å². The number of anilines is 2. The number of hydrogen-bond acceptors (Lipinski definition) is 4. The van der Waals surface area contributed by atoms with Crippen LogP contribution in [0.4, 0.5) is 11.4 Å². The van der Waals surface area contributed by atoms with Gasteiger partial charge in [0.2, 0.25) is 11.8 Å². The zero-order chi connectivity index (χ0) is 19.3. The summed E-state index contributed by atoms with van der Waals surface area (Å²) >= 11 is 0. The summed E-state index contributed by atoms with van der Waals surface area (Å²) in [5.41, 5.74) is 3.57. The number of benzene rings is 2. The molecule has 0 saturated heterocycles. The molecule has 0 aromatic heterocycles. The highest BCUT2D eigenvalue weighted by Crippen LogP contribution is 2.22. The first-order valence-corrected chi connectivity index (χ1v) is 8.15. The lowest BCUT2D eigenvalue weighted by atomic mass is 10.1. The van der Waals surface area contributed by atoms with E-state index in [4.69, 9.17) is 0 Å². The summed E-state index contributed by atoms with van der Waals surface area (Å²) in [6.07, 6.45) is 0. The van der Waals surface area contributed by atoms with Crippen molar-refractivity contribution in [2.24, 2.45) is 0 Å². The molecular weight excluding hydrogens is 332 g/mol. The largest absolute Gasteiger partial charge is 0.465 e. The molecule has 0 fully saturated rings. The van der Waals surface area contributed by atoms with E-state index in [0.29, 0.717) is 16.9 Å². The fraction of sp³-hybridized carbons (Fsp3) is 0.250. The number of amides is 2. The van der Waals surface area contributed by atoms with Gasteiger partial charge in [0.1, 0.15) is 6.54 Å². The Balaban J connectivity index is 2.12. The van der Waals surface area contributed by atoms with Crippen molar-refractivity contribution >= 4 is 29.2 Å². The Morgan fingerprint density at radius 1 is 1.04 bits per heavy atom. The summed E-state index contributed by atoms with van der Waals surface area (Å²) in [6, 6.07) is 12.1. The minimum absolute atomic E-state index is 0.0988. The fourth-order valence-corrected chi connectivity index (χ4v) is 2.53. The molecule has 2 aromatic rings. The number of carbonyl (C=O) groups excluding carboxylic acids is 3. The number of esters is 1. The average Bonchev–Trinajstić information content (AvgIpc) is 2.61. The molecule has 1 N–H and O–H groups in total. The van der Waals surface area contributed by atoms with E-state index < -0.39 is 5.97 Å². The van der Waals surface area contributed by atoms with Crippen LogP contribution in [0.15, 0.2) is 42.5 Å². The molecule has 0 heterocycles. The smallest absolute Gasteiger partial charge is 0.337 e. The van der Waals surface area contributed by atoms with Gasteiger partial charge in [-0.3, -0.25) is 9.59 Å². The lowest BCUT2D eigenvalue weighted by Crippen LogP contribution is -2.37. The molecule has 0 aliphatic rings. The van der Waals surface area contributed by atoms with E-state index in [9.17, 15) is 14.4 Å². The van der Waals surface area contributed by atoms with E-state index in [1.165, 1.54) is 18.9 Å². The maximum absolute atomic E-state index is 12.4. The molecule has 0 bridgehead atoms. The summed E-state index contributed by atoms with van der Waals surface area (Å²) in [7, 11) is 1.31. The highest BCUT2D eigenvalue weighted by molar-refractivity contribution is 6.02. The van der Waals surface area contributed by atoms with E-state index in [-0.39, 0.29) is 18.4 Å². The Morgan fingerprint density at radius 3 is 2.27 bits per heavy atom. The second-order valence-electron chi connectivity index (χ2n) is 6.01. The highest BCUT2D eigenvalue weighted by Gasteiger charge is 2.18. The van der Waals surface area contributed by atoms with Gasteiger partial charge in [-0.05, 0) is 55.3 Å². The summed E-state index contributed by atoms with van der Waals surface area (Å²) < 4.78 is 4.64. The van der Waals surface area contributed by atoms with Gasteiger partial charge in [0.15, 0.2) is 0 Å². The van der Waals surface area contributed by atoms with Crippen molar-refractivity contribution in [1.29, 1.82) is 0 Å². The second-order valence-corrected chi connectivity index (χ2v) is 6.01. The van der Waals surface area contributed by atoms with E-state index in [0.717, 1.165) is 11.1 Å². The molecule has 0 unspecified atom stereocenters. The Labute approximate surface area is 152 Å². The van der Waals surface area contributed by atoms with Crippen LogP contribution in [0.25, 0.3) is 0 Å². The molecule has 6 nitrogen and oxygen atoms in total. The van der Waals surface area contributed by atoms with Crippen molar-refractivity contribution in [2.75, 3.05) is 23.9 Å². The number of nitrogens with one attached hydrogen (secondary N) is 1. The molecule has 26 heavy (non-hydrogen) atoms. The first kappa shape index (κ1) is 19.2. The molecule has 0 radical (unpaired) electrons. The quantitative estimate of drug-likeness (QED) is 0.837. The third-order valence-corrected chi connectivity index (χ3v) is 3.93. The van der Waals surface area contributed by atoms with Crippen LogP contribution in [-0.4, -0.2) is 31.4 Å². The zero-order valence-corrected chi connectivity index (χ0v) is 15.3. The molecule has 0 aliphatic heterocycles. The lowest BCUT2D eigenvalue weighted by Gasteiger charge is -2.23. The van der Waals surface area contributed by atoms with Gasteiger partial charge < -0.3 is 15.0 Å². The van der Waals surface area contributed by atoms with Crippen LogP contribution in [0, 0.1) is 13.8 Å². The Bertz CT molecular complexity index is 828. The first-order chi connectivity index (χ1) is 12.3. The Kier molecular flexibility index (Phi) is 6.11. The molecule has 0 aliphatic carbocycles. The topological polar surface area (TPSA) is 75.7 Å². The monoisotopic (exact) mass is 354 g/mol. The number of carbonyl (C=O) groups is 3. The maximum Gasteiger partial charge on any atom is 0.337 e. The lowest BCUT2D eigenvalue weighted by molar-refractivity contribution is -0.120. The van der Waals surface area contributed by atoms with Crippen LogP contribution in [-0.2, 0) is 14.3 Å². The predicted octanol–water partition coefficient (Wildman–Crippen LogP) is 3.08. The van der Waals surface area contributed by atoms with Gasteiger partial charge in [0.05, 0.1) is 12.7 Å². The van der Waals surface area contributed by atoms with Crippen LogP contribution in [0.5, 0.6) is 0 Å². The van der Waals surface area contributed by atoms with Gasteiger partial charge in [0.25, 0.3) is 0 Å². The van der Waals surface area contributed by atoms with E-state index in [1.807, 2.05) is 32.0 Å². The standard InChI is InChI=1S/C20H22N2O4/c1-13-5-6-14(2)18(11-13)22(15(3)23)12-19(24)21-17-9-7-16(8-10-17)20(25)26-4/h5-11H,12H2,1-4H3,(H,21,24). The highest BCUT2D eigenvalue weighted by atomic mass is 16.5. The van der Waals surface area contributed by atoms with E-state index in [1.54, 1.807) is 24.3 Å². The van der Waals surface area contributed by atoms with Crippen molar-refractivity contribution in [3.8, 4) is 0 Å². The number of aryl methyl sites for hydroxylation is 2. The molecule has 2 rings (SSSR count). The Hall–Kier alpha value is -3.15. The molecule has 0 saturated carbocycles. The summed E-state index contributed by atoms with van der Waals surface area (Å²) in [4.78, 5) is 37.3. The van der Waals surface area contributed by atoms with Gasteiger partial charge in [-0.1, -0.05) is 12.1 Å². The maximum atomic E-state index is 12.4. The number of nitrogens with zero attached hydrogens (tertiary/aromatic N) is 1. The number of methoxy groups -OCH3 is 1. The third kappa shape index (κ3) is 4.69. The predicted molar refractivity (Wildman–Crippen MR) is 100 cm³/mol. The Morgan fingerprint density at radius 2 is 1.69 bits per heavy atom. The molecule has 0 spiro atoms. The average molecular weight is 354 g/mol. The van der Waals surface area contributed by atoms with Gasteiger partial charge in [-0.15, -0.1) is 0 Å². The van der Waals surface area contributed by atoms with Crippen molar-refractivity contribution in [2.45, 2.75) is 20.8 Å². The molecular formula is C20H22N2O4. The molecule has 2 aromatic carbocycles. The molecule has 6 heteroatoms. The second kappa shape index (κ2) is 8.29. The summed E-state index contributed by atoms with van der Waals surface area (Å²) in [5, 5.41) is 2.73. The summed E-state index contributed by atoms with van der Waals surface area (Å²) in [5.74, 6) is -0.984. The normalized spacial score (nSPS) is 10.2. The minimum Gasteiger partial charge on any atom is -0.465 e. The van der Waals surface area contributed by atoms with Crippen molar-refractivity contribution in [3.63, 3.8) is 0 Å². The summed E-state index contributed by atoms with van der Waals surface area (Å²) in [6.45, 7) is 5.16. The van der Waals surface area contributed by atoms with Gasteiger partial charge >= 0.3 is 5.97 Å². The fourth-order valence-electron chi connectivity index (χ4n) is 2.53. The number of rotatable bonds is 5. The van der Waals surface area contributed by atoms with E-state index >= 15 is 0 Å². The van der Waals surface area contributed by atoms with Gasteiger partial charge in [-0.25, -0.2) is 4.79 Å². The molecule has 136 valence electrons. The van der Waals surface area contributed by atoms with Crippen LogP contribution in [0.3, 0.4) is 0 Å². The van der Waals surface area contributed by atoms with Gasteiger partial charge in [-0.2, -0.15) is 0 Å².